The number of pyridine rings is 1. The van der Waals surface area contributed by atoms with E-state index < -0.39 is 7.12 Å². The largest absolute Gasteiger partial charge is 0.552 e. The lowest BCUT2D eigenvalue weighted by Crippen LogP contribution is -2.44. The van der Waals surface area contributed by atoms with Crippen LogP contribution in [0.25, 0.3) is 16.6 Å². The van der Waals surface area contributed by atoms with Crippen LogP contribution in [-0.2, 0) is 0 Å². The summed E-state index contributed by atoms with van der Waals surface area (Å²) in [6.45, 7) is 3.56. The molecule has 2 atom stereocenters. The second kappa shape index (κ2) is 7.08. The van der Waals surface area contributed by atoms with Gasteiger partial charge in [0.25, 0.3) is 5.91 Å². The maximum Gasteiger partial charge on any atom is 0.552 e. The van der Waals surface area contributed by atoms with Gasteiger partial charge in [-0.3, -0.25) is 4.79 Å². The molecule has 1 amide bonds. The number of nitrogens with one attached hydrogen (secondary N) is 1. The Hall–Kier alpha value is -3.06. The van der Waals surface area contributed by atoms with Gasteiger partial charge < -0.3 is 19.6 Å². The van der Waals surface area contributed by atoms with E-state index in [9.17, 15) is 9.82 Å². The van der Waals surface area contributed by atoms with E-state index in [1.807, 2.05) is 47.5 Å². The first kappa shape index (κ1) is 18.0. The van der Waals surface area contributed by atoms with E-state index in [-0.39, 0.29) is 11.8 Å². The molecule has 1 unspecified atom stereocenters. The lowest BCUT2D eigenvalue weighted by molar-refractivity contribution is 0.0657. The number of piperidine rings is 1. The van der Waals surface area contributed by atoms with Crippen molar-refractivity contribution in [2.75, 3.05) is 13.1 Å². The van der Waals surface area contributed by atoms with Crippen LogP contribution in [0.4, 0.5) is 0 Å². The van der Waals surface area contributed by atoms with E-state index in [1.165, 1.54) is 0 Å². The van der Waals surface area contributed by atoms with Crippen molar-refractivity contribution >= 4 is 29.6 Å². The van der Waals surface area contributed by atoms with Gasteiger partial charge in [0.15, 0.2) is 0 Å². The Bertz CT molecular complexity index is 1100. The van der Waals surface area contributed by atoms with Crippen molar-refractivity contribution < 1.29 is 14.5 Å². The number of rotatable bonds is 2. The molecule has 29 heavy (non-hydrogen) atoms. The van der Waals surface area contributed by atoms with Crippen LogP contribution in [0.15, 0.2) is 54.8 Å². The van der Waals surface area contributed by atoms with Crippen LogP contribution < -0.4 is 4.65 Å². The molecule has 2 aromatic heterocycles. The maximum atomic E-state index is 13.0. The molecule has 3 aromatic rings. The molecule has 1 aromatic carbocycles. The number of amides is 1. The van der Waals surface area contributed by atoms with Crippen LogP contribution >= 0.6 is 0 Å². The van der Waals surface area contributed by atoms with Gasteiger partial charge in [0.2, 0.25) is 0 Å². The zero-order valence-corrected chi connectivity index (χ0v) is 16.2. The van der Waals surface area contributed by atoms with Crippen molar-refractivity contribution in [2.24, 2.45) is 11.8 Å². The number of carbonyl (C=O) groups is 1. The van der Waals surface area contributed by atoms with Crippen molar-refractivity contribution in [3.05, 3.63) is 65.9 Å². The van der Waals surface area contributed by atoms with Crippen molar-refractivity contribution in [3.63, 3.8) is 0 Å². The molecule has 0 aliphatic carbocycles. The molecule has 146 valence electrons. The average Bonchev–Trinajstić information content (AvgIpc) is 3.22. The Balaban J connectivity index is 1.52. The minimum absolute atomic E-state index is 0.0532. The predicted octanol–water partition coefficient (Wildman–Crippen LogP) is 3.16. The fraction of sp³-hybridized carbons (Fsp3) is 0.273. The molecule has 0 radical (unpaired) electrons. The molecule has 1 fully saturated rings. The first-order chi connectivity index (χ1) is 14.1. The summed E-state index contributed by atoms with van der Waals surface area (Å²) in [6, 6.07) is 11.4. The standard InChI is InChI=1S/C22H22BN3O3/c1-14-8-10-26(22(27)15-5-3-2-4-6-15)13-18(14)17-11-23(28)29-19-12-25-21-16(20(17)19)7-9-24-21/h2-7,9,11-12,14,18,28H,8,10,13H2,1H3,(H,24,25)/t14-,18?/m1/s1. The quantitative estimate of drug-likeness (QED) is 0.663. The molecule has 0 saturated carbocycles. The second-order valence-electron chi connectivity index (χ2n) is 7.86. The number of carbonyl (C=O) groups excluding carboxylic acids is 1. The van der Waals surface area contributed by atoms with Crippen LogP contribution in [0, 0.1) is 11.8 Å². The number of likely N-dealkylation sites (tertiary alicyclic amines) is 1. The minimum Gasteiger partial charge on any atom is -0.531 e. The Morgan fingerprint density at radius 1 is 1.31 bits per heavy atom. The molecule has 0 spiro atoms. The number of fused-ring (bicyclic) bond motifs is 3. The summed E-state index contributed by atoms with van der Waals surface area (Å²) in [7, 11) is -1.01. The summed E-state index contributed by atoms with van der Waals surface area (Å²) in [5.74, 6) is 2.90. The molecule has 1 saturated heterocycles. The lowest BCUT2D eigenvalue weighted by Gasteiger charge is -2.40. The Morgan fingerprint density at radius 3 is 2.97 bits per heavy atom. The number of nitrogens with zero attached hydrogens (tertiary/aromatic N) is 2. The van der Waals surface area contributed by atoms with Crippen LogP contribution in [0.3, 0.4) is 0 Å². The predicted molar refractivity (Wildman–Crippen MR) is 112 cm³/mol. The molecular formula is C22H22BN3O3. The highest BCUT2D eigenvalue weighted by molar-refractivity contribution is 6.52. The van der Waals surface area contributed by atoms with Crippen molar-refractivity contribution in [3.8, 4) is 5.75 Å². The van der Waals surface area contributed by atoms with Gasteiger partial charge in [-0.15, -0.1) is 0 Å². The highest BCUT2D eigenvalue weighted by atomic mass is 16.5. The highest BCUT2D eigenvalue weighted by Gasteiger charge is 2.37. The third kappa shape index (κ3) is 3.11. The average molecular weight is 387 g/mol. The van der Waals surface area contributed by atoms with E-state index in [0.717, 1.165) is 35.1 Å². The Kier molecular flexibility index (Phi) is 4.40. The molecule has 7 heteroatoms. The van der Waals surface area contributed by atoms with Crippen molar-refractivity contribution in [1.29, 1.82) is 0 Å². The van der Waals surface area contributed by atoms with Crippen LogP contribution in [0.1, 0.15) is 29.3 Å². The minimum atomic E-state index is -1.01. The maximum absolute atomic E-state index is 13.0. The summed E-state index contributed by atoms with van der Waals surface area (Å²) in [5.41, 5.74) is 3.49. The van der Waals surface area contributed by atoms with E-state index in [1.54, 1.807) is 12.2 Å². The van der Waals surface area contributed by atoms with Crippen LogP contribution in [0.5, 0.6) is 5.75 Å². The second-order valence-corrected chi connectivity index (χ2v) is 7.86. The first-order valence-corrected chi connectivity index (χ1v) is 9.99. The molecule has 2 N–H and O–H groups in total. The zero-order valence-electron chi connectivity index (χ0n) is 16.2. The SMILES string of the molecule is C[C@@H]1CCN(C(=O)c2ccccc2)CC1C1=CB(O)Oc2cnc3[nH]ccc3c21. The molecule has 6 nitrogen and oxygen atoms in total. The summed E-state index contributed by atoms with van der Waals surface area (Å²) in [6.07, 6.45) is 4.43. The summed E-state index contributed by atoms with van der Waals surface area (Å²) >= 11 is 0. The van der Waals surface area contributed by atoms with Gasteiger partial charge in [-0.1, -0.05) is 25.1 Å². The summed E-state index contributed by atoms with van der Waals surface area (Å²) < 4.78 is 5.63. The summed E-state index contributed by atoms with van der Waals surface area (Å²) in [5, 5.41) is 11.3. The first-order valence-electron chi connectivity index (χ1n) is 9.99. The van der Waals surface area contributed by atoms with E-state index in [0.29, 0.717) is 23.8 Å². The zero-order chi connectivity index (χ0) is 20.0. The van der Waals surface area contributed by atoms with Gasteiger partial charge in [0.05, 0.1) is 6.20 Å². The third-order valence-electron chi connectivity index (χ3n) is 6.08. The molecule has 2 aliphatic heterocycles. The van der Waals surface area contributed by atoms with E-state index in [4.69, 9.17) is 4.65 Å². The van der Waals surface area contributed by atoms with Gasteiger partial charge in [0, 0.05) is 41.7 Å². The van der Waals surface area contributed by atoms with Crippen LogP contribution in [0.2, 0.25) is 0 Å². The number of hydrogen-bond acceptors (Lipinski definition) is 4. The molecule has 5 rings (SSSR count). The normalized spacial score (nSPS) is 21.5. The monoisotopic (exact) mass is 387 g/mol. The van der Waals surface area contributed by atoms with Gasteiger partial charge >= 0.3 is 7.12 Å². The number of hydrogen-bond donors (Lipinski definition) is 2. The number of aromatic amines is 1. The third-order valence-corrected chi connectivity index (χ3v) is 6.08. The fourth-order valence-corrected chi connectivity index (χ4v) is 4.51. The van der Waals surface area contributed by atoms with Gasteiger partial charge in [0.1, 0.15) is 11.4 Å². The number of benzene rings is 1. The van der Waals surface area contributed by atoms with Crippen molar-refractivity contribution in [1.82, 2.24) is 14.9 Å². The molecule has 2 aliphatic rings. The molecule has 4 heterocycles. The number of aromatic nitrogens is 2. The topological polar surface area (TPSA) is 78.5 Å². The van der Waals surface area contributed by atoms with Crippen molar-refractivity contribution in [2.45, 2.75) is 13.3 Å². The Morgan fingerprint density at radius 2 is 2.14 bits per heavy atom. The smallest absolute Gasteiger partial charge is 0.531 e. The van der Waals surface area contributed by atoms with Gasteiger partial charge in [-0.25, -0.2) is 4.98 Å². The van der Waals surface area contributed by atoms with E-state index >= 15 is 0 Å². The summed E-state index contributed by atoms with van der Waals surface area (Å²) in [4.78, 5) is 22.5. The van der Waals surface area contributed by atoms with E-state index in [2.05, 4.69) is 16.9 Å². The lowest BCUT2D eigenvalue weighted by atomic mass is 9.71. The molecule has 0 bridgehead atoms. The van der Waals surface area contributed by atoms with Gasteiger partial charge in [-0.2, -0.15) is 0 Å². The highest BCUT2D eigenvalue weighted by Crippen LogP contribution is 2.43. The fourth-order valence-electron chi connectivity index (χ4n) is 4.51. The van der Waals surface area contributed by atoms with Gasteiger partial charge in [-0.05, 0) is 42.1 Å². The number of H-pyrrole nitrogens is 1. The molecular weight excluding hydrogens is 365 g/mol. The van der Waals surface area contributed by atoms with Crippen LogP contribution in [-0.4, -0.2) is 46.0 Å². The Labute approximate surface area is 169 Å².